The molecule has 1 aromatic heterocycles. The summed E-state index contributed by atoms with van der Waals surface area (Å²) in [5, 5.41) is 20.0. The molecule has 0 bridgehead atoms. The molecule has 1 fully saturated rings. The topological polar surface area (TPSA) is 88.6 Å². The van der Waals surface area contributed by atoms with Gasteiger partial charge in [0.15, 0.2) is 0 Å². The van der Waals surface area contributed by atoms with E-state index in [4.69, 9.17) is 0 Å². The first-order valence-corrected chi connectivity index (χ1v) is 6.34. The fraction of sp³-hybridized carbons (Fsp3) is 0.583. The summed E-state index contributed by atoms with van der Waals surface area (Å²) < 4.78 is 1.58. The molecule has 1 N–H and O–H groups in total. The molecule has 19 heavy (non-hydrogen) atoms. The molecule has 1 unspecified atom stereocenters. The fourth-order valence-corrected chi connectivity index (χ4v) is 2.48. The third-order valence-corrected chi connectivity index (χ3v) is 3.50. The number of nitro groups is 1. The Morgan fingerprint density at radius 3 is 2.95 bits per heavy atom. The maximum atomic E-state index is 12.4. The van der Waals surface area contributed by atoms with Gasteiger partial charge in [-0.15, -0.1) is 0 Å². The van der Waals surface area contributed by atoms with Crippen molar-refractivity contribution in [3.8, 4) is 0 Å². The second kappa shape index (κ2) is 5.40. The summed E-state index contributed by atoms with van der Waals surface area (Å²) in [6, 6.07) is 1.13. The predicted octanol–water partition coefficient (Wildman–Crippen LogP) is 1.01. The Bertz CT molecular complexity index is 497. The fourth-order valence-electron chi connectivity index (χ4n) is 2.48. The van der Waals surface area contributed by atoms with Gasteiger partial charge in [-0.05, 0) is 19.8 Å². The van der Waals surface area contributed by atoms with Crippen LogP contribution < -0.4 is 0 Å². The van der Waals surface area contributed by atoms with Crippen LogP contribution in [-0.2, 0) is 6.54 Å². The highest BCUT2D eigenvalue weighted by molar-refractivity contribution is 5.94. The molecule has 0 aromatic carbocycles. The molecule has 7 nitrogen and oxygen atoms in total. The number of likely N-dealkylation sites (tertiary alicyclic amines) is 1. The van der Waals surface area contributed by atoms with E-state index in [1.807, 2.05) is 6.92 Å². The Morgan fingerprint density at radius 2 is 2.37 bits per heavy atom. The molecule has 2 heterocycles. The van der Waals surface area contributed by atoms with E-state index in [-0.39, 0.29) is 24.2 Å². The van der Waals surface area contributed by atoms with Crippen LogP contribution in [0.1, 0.15) is 30.3 Å². The summed E-state index contributed by atoms with van der Waals surface area (Å²) in [6.45, 7) is 2.84. The lowest BCUT2D eigenvalue weighted by molar-refractivity contribution is -0.384. The summed E-state index contributed by atoms with van der Waals surface area (Å²) in [4.78, 5) is 24.3. The Morgan fingerprint density at radius 1 is 1.63 bits per heavy atom. The lowest BCUT2D eigenvalue weighted by atomic mass is 10.2. The van der Waals surface area contributed by atoms with Crippen molar-refractivity contribution in [3.63, 3.8) is 0 Å². The summed E-state index contributed by atoms with van der Waals surface area (Å²) in [5.41, 5.74) is 0.236. The Labute approximate surface area is 110 Å². The molecule has 1 amide bonds. The Kier molecular flexibility index (Phi) is 3.84. The van der Waals surface area contributed by atoms with E-state index in [9.17, 15) is 20.0 Å². The van der Waals surface area contributed by atoms with E-state index in [1.54, 1.807) is 9.47 Å². The zero-order valence-corrected chi connectivity index (χ0v) is 10.8. The average molecular weight is 267 g/mol. The first kappa shape index (κ1) is 13.5. The van der Waals surface area contributed by atoms with Gasteiger partial charge in [0.2, 0.25) is 0 Å². The summed E-state index contributed by atoms with van der Waals surface area (Å²) in [7, 11) is 0. The van der Waals surface area contributed by atoms with Gasteiger partial charge in [-0.2, -0.15) is 0 Å². The van der Waals surface area contributed by atoms with Crippen molar-refractivity contribution in [2.75, 3.05) is 13.2 Å². The monoisotopic (exact) mass is 267 g/mol. The molecule has 0 spiro atoms. The van der Waals surface area contributed by atoms with Gasteiger partial charge in [0.25, 0.3) is 11.6 Å². The number of hydrogen-bond donors (Lipinski definition) is 1. The lowest BCUT2D eigenvalue weighted by Crippen LogP contribution is -2.38. The molecule has 1 aromatic rings. The van der Waals surface area contributed by atoms with Crippen molar-refractivity contribution in [3.05, 3.63) is 28.1 Å². The van der Waals surface area contributed by atoms with Crippen LogP contribution in [0.3, 0.4) is 0 Å². The highest BCUT2D eigenvalue weighted by Crippen LogP contribution is 2.23. The predicted molar refractivity (Wildman–Crippen MR) is 67.9 cm³/mol. The summed E-state index contributed by atoms with van der Waals surface area (Å²) in [6.07, 6.45) is 3.00. The van der Waals surface area contributed by atoms with Crippen LogP contribution in [0.15, 0.2) is 12.3 Å². The number of hydrogen-bond acceptors (Lipinski definition) is 4. The lowest BCUT2D eigenvalue weighted by Gasteiger charge is -2.23. The first-order chi connectivity index (χ1) is 9.08. The maximum absolute atomic E-state index is 12.4. The number of amides is 1. The molecule has 1 aliphatic heterocycles. The number of carbonyl (C=O) groups is 1. The highest BCUT2D eigenvalue weighted by Gasteiger charge is 2.31. The minimum absolute atomic E-state index is 0.0688. The van der Waals surface area contributed by atoms with E-state index in [0.717, 1.165) is 12.8 Å². The normalized spacial score (nSPS) is 18.8. The van der Waals surface area contributed by atoms with Gasteiger partial charge in [0.1, 0.15) is 5.69 Å². The zero-order valence-electron chi connectivity index (χ0n) is 10.8. The second-order valence-corrected chi connectivity index (χ2v) is 4.60. The van der Waals surface area contributed by atoms with Crippen LogP contribution in [0.2, 0.25) is 0 Å². The van der Waals surface area contributed by atoms with Crippen molar-refractivity contribution in [2.24, 2.45) is 0 Å². The number of nitrogens with zero attached hydrogens (tertiary/aromatic N) is 3. The van der Waals surface area contributed by atoms with Crippen LogP contribution in [0.25, 0.3) is 0 Å². The third-order valence-electron chi connectivity index (χ3n) is 3.50. The van der Waals surface area contributed by atoms with Crippen molar-refractivity contribution < 1.29 is 14.8 Å². The number of carbonyl (C=O) groups excluding carboxylic acids is 1. The van der Waals surface area contributed by atoms with E-state index in [1.165, 1.54) is 12.3 Å². The SMILES string of the molecule is CCn1cc([N+](=O)[O-])cc1C(=O)N1CCCC1CO. The summed E-state index contributed by atoms with van der Waals surface area (Å²) in [5.74, 6) is -0.244. The molecule has 1 aliphatic rings. The van der Waals surface area contributed by atoms with E-state index < -0.39 is 4.92 Å². The molecule has 0 radical (unpaired) electrons. The molecule has 2 rings (SSSR count). The van der Waals surface area contributed by atoms with Gasteiger partial charge in [-0.1, -0.05) is 0 Å². The maximum Gasteiger partial charge on any atom is 0.287 e. The number of aliphatic hydroxyl groups is 1. The van der Waals surface area contributed by atoms with Gasteiger partial charge in [0, 0.05) is 19.2 Å². The first-order valence-electron chi connectivity index (χ1n) is 6.34. The molecule has 1 saturated heterocycles. The summed E-state index contributed by atoms with van der Waals surface area (Å²) >= 11 is 0. The van der Waals surface area contributed by atoms with E-state index in [2.05, 4.69) is 0 Å². The minimum Gasteiger partial charge on any atom is -0.394 e. The number of aryl methyl sites for hydroxylation is 1. The average Bonchev–Trinajstić information content (AvgIpc) is 3.03. The number of rotatable bonds is 4. The Hall–Kier alpha value is -1.89. The van der Waals surface area contributed by atoms with Crippen molar-refractivity contribution in [1.82, 2.24) is 9.47 Å². The standard InChI is InChI=1S/C12H17N3O4/c1-2-13-7-10(15(18)19)6-11(13)12(17)14-5-3-4-9(14)8-16/h6-7,9,16H,2-5,8H2,1H3. The van der Waals surface area contributed by atoms with Gasteiger partial charge >= 0.3 is 0 Å². The van der Waals surface area contributed by atoms with Crippen molar-refractivity contribution in [2.45, 2.75) is 32.4 Å². The molecule has 7 heteroatoms. The van der Waals surface area contributed by atoms with Crippen LogP contribution in [0, 0.1) is 10.1 Å². The van der Waals surface area contributed by atoms with Gasteiger partial charge < -0.3 is 14.6 Å². The second-order valence-electron chi connectivity index (χ2n) is 4.60. The van der Waals surface area contributed by atoms with Gasteiger partial charge in [-0.25, -0.2) is 0 Å². The smallest absolute Gasteiger partial charge is 0.287 e. The molecule has 1 atom stereocenters. The quantitative estimate of drug-likeness (QED) is 0.651. The minimum atomic E-state index is -0.504. The molecule has 0 saturated carbocycles. The molecule has 0 aliphatic carbocycles. The van der Waals surface area contributed by atoms with Crippen LogP contribution >= 0.6 is 0 Å². The van der Waals surface area contributed by atoms with Crippen LogP contribution in [0.4, 0.5) is 5.69 Å². The van der Waals surface area contributed by atoms with Crippen LogP contribution in [0.5, 0.6) is 0 Å². The molecular formula is C12H17N3O4. The van der Waals surface area contributed by atoms with Gasteiger partial charge in [0.05, 0.1) is 23.8 Å². The van der Waals surface area contributed by atoms with Crippen molar-refractivity contribution >= 4 is 11.6 Å². The van der Waals surface area contributed by atoms with Gasteiger partial charge in [-0.3, -0.25) is 14.9 Å². The number of aliphatic hydroxyl groups excluding tert-OH is 1. The van der Waals surface area contributed by atoms with Crippen molar-refractivity contribution in [1.29, 1.82) is 0 Å². The highest BCUT2D eigenvalue weighted by atomic mass is 16.6. The third kappa shape index (κ3) is 2.46. The Balaban J connectivity index is 2.30. The van der Waals surface area contributed by atoms with E-state index >= 15 is 0 Å². The number of aromatic nitrogens is 1. The largest absolute Gasteiger partial charge is 0.394 e. The van der Waals surface area contributed by atoms with Crippen LogP contribution in [-0.4, -0.2) is 44.6 Å². The zero-order chi connectivity index (χ0) is 14.0. The molecule has 104 valence electrons. The van der Waals surface area contributed by atoms with E-state index in [0.29, 0.717) is 18.8 Å². The molecular weight excluding hydrogens is 250 g/mol.